The molecule has 0 radical (unpaired) electrons. The van der Waals surface area contributed by atoms with E-state index in [0.29, 0.717) is 6.54 Å². The SMILES string of the molecule is COc1ccccc1NCC(=O)NCCc1c[nH]c2ccccc12. The van der Waals surface area contributed by atoms with Crippen LogP contribution in [0.4, 0.5) is 5.69 Å². The van der Waals surface area contributed by atoms with E-state index < -0.39 is 0 Å². The number of aromatic nitrogens is 1. The first-order valence-corrected chi connectivity index (χ1v) is 7.96. The van der Waals surface area contributed by atoms with Gasteiger partial charge >= 0.3 is 0 Å². The average Bonchev–Trinajstić information content (AvgIpc) is 3.03. The van der Waals surface area contributed by atoms with Gasteiger partial charge in [-0.2, -0.15) is 0 Å². The molecule has 1 heterocycles. The minimum atomic E-state index is -0.0410. The molecule has 0 aliphatic rings. The molecule has 24 heavy (non-hydrogen) atoms. The Balaban J connectivity index is 1.47. The molecular formula is C19H21N3O2. The van der Waals surface area contributed by atoms with Crippen LogP contribution in [0.25, 0.3) is 10.9 Å². The number of amides is 1. The van der Waals surface area contributed by atoms with Crippen molar-refractivity contribution in [1.82, 2.24) is 10.3 Å². The molecule has 5 nitrogen and oxygen atoms in total. The number of anilines is 1. The highest BCUT2D eigenvalue weighted by molar-refractivity contribution is 5.83. The monoisotopic (exact) mass is 323 g/mol. The van der Waals surface area contributed by atoms with Crippen LogP contribution in [0, 0.1) is 0 Å². The number of carbonyl (C=O) groups excluding carboxylic acids is 1. The van der Waals surface area contributed by atoms with Gasteiger partial charge in [0.05, 0.1) is 19.3 Å². The van der Waals surface area contributed by atoms with Gasteiger partial charge in [-0.25, -0.2) is 0 Å². The fraction of sp³-hybridized carbons (Fsp3) is 0.211. The number of methoxy groups -OCH3 is 1. The van der Waals surface area contributed by atoms with E-state index in [0.717, 1.165) is 23.4 Å². The van der Waals surface area contributed by atoms with Gasteiger partial charge in [0.15, 0.2) is 0 Å². The average molecular weight is 323 g/mol. The van der Waals surface area contributed by atoms with Crippen LogP contribution < -0.4 is 15.4 Å². The maximum absolute atomic E-state index is 12.0. The molecule has 0 spiro atoms. The second-order valence-electron chi connectivity index (χ2n) is 5.51. The van der Waals surface area contributed by atoms with Crippen LogP contribution >= 0.6 is 0 Å². The van der Waals surface area contributed by atoms with E-state index in [4.69, 9.17) is 4.74 Å². The number of nitrogens with one attached hydrogen (secondary N) is 3. The smallest absolute Gasteiger partial charge is 0.239 e. The third-order valence-corrected chi connectivity index (χ3v) is 3.94. The molecule has 0 atom stereocenters. The van der Waals surface area contributed by atoms with Gasteiger partial charge in [0.2, 0.25) is 5.91 Å². The van der Waals surface area contributed by atoms with Crippen LogP contribution in [0.1, 0.15) is 5.56 Å². The number of fused-ring (bicyclic) bond motifs is 1. The molecule has 2 aromatic carbocycles. The van der Waals surface area contributed by atoms with Crippen LogP contribution in [-0.2, 0) is 11.2 Å². The van der Waals surface area contributed by atoms with E-state index in [-0.39, 0.29) is 12.5 Å². The molecule has 0 unspecified atom stereocenters. The van der Waals surface area contributed by atoms with E-state index in [1.54, 1.807) is 7.11 Å². The maximum Gasteiger partial charge on any atom is 0.239 e. The van der Waals surface area contributed by atoms with Crippen LogP contribution in [0.2, 0.25) is 0 Å². The lowest BCUT2D eigenvalue weighted by Crippen LogP contribution is -2.31. The number of para-hydroxylation sites is 3. The molecule has 0 bridgehead atoms. The number of hydrogen-bond donors (Lipinski definition) is 3. The molecule has 0 saturated heterocycles. The summed E-state index contributed by atoms with van der Waals surface area (Å²) in [5.74, 6) is 0.685. The first-order valence-electron chi connectivity index (χ1n) is 7.96. The van der Waals surface area contributed by atoms with Crippen LogP contribution in [-0.4, -0.2) is 31.1 Å². The fourth-order valence-corrected chi connectivity index (χ4v) is 2.70. The summed E-state index contributed by atoms with van der Waals surface area (Å²) in [4.78, 5) is 15.2. The number of carbonyl (C=O) groups is 1. The number of aromatic amines is 1. The van der Waals surface area contributed by atoms with Crippen molar-refractivity contribution in [3.05, 3.63) is 60.3 Å². The summed E-state index contributed by atoms with van der Waals surface area (Å²) in [6.07, 6.45) is 2.80. The van der Waals surface area contributed by atoms with Crippen molar-refractivity contribution in [2.45, 2.75) is 6.42 Å². The van der Waals surface area contributed by atoms with Gasteiger partial charge in [0, 0.05) is 23.6 Å². The molecule has 3 N–H and O–H groups in total. The Morgan fingerprint density at radius 1 is 1.12 bits per heavy atom. The molecule has 1 amide bonds. The van der Waals surface area contributed by atoms with Crippen molar-refractivity contribution in [3.8, 4) is 5.75 Å². The van der Waals surface area contributed by atoms with Crippen molar-refractivity contribution in [1.29, 1.82) is 0 Å². The molecule has 0 aliphatic heterocycles. The topological polar surface area (TPSA) is 66.2 Å². The van der Waals surface area contributed by atoms with Gasteiger partial charge in [-0.15, -0.1) is 0 Å². The second-order valence-corrected chi connectivity index (χ2v) is 5.51. The Morgan fingerprint density at radius 3 is 2.79 bits per heavy atom. The van der Waals surface area contributed by atoms with Gasteiger partial charge < -0.3 is 20.4 Å². The highest BCUT2D eigenvalue weighted by atomic mass is 16.5. The highest BCUT2D eigenvalue weighted by Crippen LogP contribution is 2.22. The molecule has 124 valence electrons. The maximum atomic E-state index is 12.0. The molecule has 0 fully saturated rings. The molecule has 5 heteroatoms. The molecule has 0 aliphatic carbocycles. The Labute approximate surface area is 141 Å². The van der Waals surface area contributed by atoms with Crippen LogP contribution in [0.15, 0.2) is 54.7 Å². The Morgan fingerprint density at radius 2 is 1.92 bits per heavy atom. The zero-order chi connectivity index (χ0) is 16.8. The van der Waals surface area contributed by atoms with Crippen molar-refractivity contribution in [3.63, 3.8) is 0 Å². The first kappa shape index (κ1) is 15.9. The number of rotatable bonds is 7. The van der Waals surface area contributed by atoms with Crippen molar-refractivity contribution < 1.29 is 9.53 Å². The Hall–Kier alpha value is -2.95. The lowest BCUT2D eigenvalue weighted by atomic mass is 10.1. The van der Waals surface area contributed by atoms with Crippen molar-refractivity contribution in [2.24, 2.45) is 0 Å². The Kier molecular flexibility index (Phi) is 5.01. The zero-order valence-electron chi connectivity index (χ0n) is 13.6. The van der Waals surface area contributed by atoms with E-state index in [9.17, 15) is 4.79 Å². The normalized spacial score (nSPS) is 10.5. The summed E-state index contributed by atoms with van der Waals surface area (Å²) < 4.78 is 5.25. The predicted molar refractivity (Wildman–Crippen MR) is 96.5 cm³/mol. The molecule has 1 aromatic heterocycles. The predicted octanol–water partition coefficient (Wildman–Crippen LogP) is 2.95. The molecular weight excluding hydrogens is 302 g/mol. The number of hydrogen-bond acceptors (Lipinski definition) is 3. The molecule has 3 rings (SSSR count). The van der Waals surface area contributed by atoms with Crippen molar-refractivity contribution >= 4 is 22.5 Å². The summed E-state index contributed by atoms with van der Waals surface area (Å²) in [5.41, 5.74) is 3.15. The van der Waals surface area contributed by atoms with Gasteiger partial charge in [-0.3, -0.25) is 4.79 Å². The second kappa shape index (κ2) is 7.55. The van der Waals surface area contributed by atoms with E-state index >= 15 is 0 Å². The Bertz CT molecular complexity index is 826. The summed E-state index contributed by atoms with van der Waals surface area (Å²) in [6, 6.07) is 15.7. The van der Waals surface area contributed by atoms with Gasteiger partial charge in [-0.1, -0.05) is 30.3 Å². The van der Waals surface area contributed by atoms with Gasteiger partial charge in [0.1, 0.15) is 5.75 Å². The van der Waals surface area contributed by atoms with E-state index in [1.807, 2.05) is 42.6 Å². The summed E-state index contributed by atoms with van der Waals surface area (Å²) in [6.45, 7) is 0.822. The van der Waals surface area contributed by atoms with E-state index in [1.165, 1.54) is 10.9 Å². The molecule has 0 saturated carbocycles. The molecule has 3 aromatic rings. The zero-order valence-corrected chi connectivity index (χ0v) is 13.6. The minimum absolute atomic E-state index is 0.0410. The standard InChI is InChI=1S/C19H21N3O2/c1-24-18-9-5-4-8-17(18)22-13-19(23)20-11-10-14-12-21-16-7-3-2-6-15(14)16/h2-9,12,21-22H,10-11,13H2,1H3,(H,20,23). The van der Waals surface area contributed by atoms with Crippen molar-refractivity contribution in [2.75, 3.05) is 25.5 Å². The quantitative estimate of drug-likeness (QED) is 0.626. The summed E-state index contributed by atoms with van der Waals surface area (Å²) in [5, 5.41) is 7.24. The van der Waals surface area contributed by atoms with E-state index in [2.05, 4.69) is 27.8 Å². The number of H-pyrrole nitrogens is 1. The number of benzene rings is 2. The van der Waals surface area contributed by atoms with Crippen LogP contribution in [0.3, 0.4) is 0 Å². The van der Waals surface area contributed by atoms with Gasteiger partial charge in [-0.05, 0) is 30.2 Å². The minimum Gasteiger partial charge on any atom is -0.495 e. The van der Waals surface area contributed by atoms with Crippen LogP contribution in [0.5, 0.6) is 5.75 Å². The lowest BCUT2D eigenvalue weighted by molar-refractivity contribution is -0.119. The highest BCUT2D eigenvalue weighted by Gasteiger charge is 2.06. The fourth-order valence-electron chi connectivity index (χ4n) is 2.70. The third kappa shape index (κ3) is 3.68. The number of ether oxygens (including phenoxy) is 1. The first-order chi connectivity index (χ1) is 11.8. The summed E-state index contributed by atoms with van der Waals surface area (Å²) >= 11 is 0. The summed E-state index contributed by atoms with van der Waals surface area (Å²) in [7, 11) is 1.61. The third-order valence-electron chi connectivity index (χ3n) is 3.94. The van der Waals surface area contributed by atoms with Gasteiger partial charge in [0.25, 0.3) is 0 Å². The largest absolute Gasteiger partial charge is 0.495 e. The lowest BCUT2D eigenvalue weighted by Gasteiger charge is -2.11.